The number of hydrogen-bond donors (Lipinski definition) is 0. The van der Waals surface area contributed by atoms with Gasteiger partial charge in [-0.3, -0.25) is 0 Å². The van der Waals surface area contributed by atoms with Gasteiger partial charge in [0.2, 0.25) is 0 Å². The van der Waals surface area contributed by atoms with E-state index in [2.05, 4.69) is 169 Å². The van der Waals surface area contributed by atoms with Crippen molar-refractivity contribution in [3.8, 4) is 22.3 Å². The van der Waals surface area contributed by atoms with Crippen LogP contribution in [0, 0.1) is 0 Å². The van der Waals surface area contributed by atoms with Crippen molar-refractivity contribution in [3.05, 3.63) is 188 Å². The largest absolute Gasteiger partial charge is 0.456 e. The van der Waals surface area contributed by atoms with Crippen LogP contribution in [0.2, 0.25) is 0 Å². The number of furan rings is 2. The third kappa shape index (κ3) is 4.82. The van der Waals surface area contributed by atoms with Crippen molar-refractivity contribution in [1.82, 2.24) is 0 Å². The van der Waals surface area contributed by atoms with E-state index >= 15 is 0 Å². The molecule has 0 aliphatic heterocycles. The number of fused-ring (bicyclic) bond motifs is 9. The minimum atomic E-state index is 0.866. The first-order valence-corrected chi connectivity index (χ1v) is 18.0. The SMILES string of the molecule is c1ccc2c(-c3ccc(N(c4ccc(-c5ccc6ccc7c8ccccc8oc7c6c5)cc4)c4ccc5c(c4)oc4ccccc45)cc3)cccc2c1. The lowest BCUT2D eigenvalue weighted by Gasteiger charge is -2.26. The predicted octanol–water partition coefficient (Wildman–Crippen LogP) is 14.6. The van der Waals surface area contributed by atoms with Crippen LogP contribution >= 0.6 is 0 Å². The molecule has 248 valence electrons. The van der Waals surface area contributed by atoms with Gasteiger partial charge in [-0.05, 0) is 99.1 Å². The molecule has 2 aromatic heterocycles. The van der Waals surface area contributed by atoms with E-state index < -0.39 is 0 Å². The molecule has 0 saturated heterocycles. The van der Waals surface area contributed by atoms with Crippen LogP contribution in [-0.4, -0.2) is 0 Å². The molecule has 53 heavy (non-hydrogen) atoms. The monoisotopic (exact) mass is 677 g/mol. The standard InChI is InChI=1S/C50H31NO2/c1-2-10-40-33(8-1)9-7-13-41(40)34-20-25-38(26-21-34)51(39-27-29-44-42-11-3-5-14-47(42)52-49(44)31-39)37-23-18-32(19-24-37)36-17-16-35-22-28-45-43-12-4-6-15-48(43)53-50(45)46(35)30-36/h1-31H. The molecule has 0 radical (unpaired) electrons. The van der Waals surface area contributed by atoms with Gasteiger partial charge in [-0.2, -0.15) is 0 Å². The summed E-state index contributed by atoms with van der Waals surface area (Å²) >= 11 is 0. The summed E-state index contributed by atoms with van der Waals surface area (Å²) < 4.78 is 12.8. The van der Waals surface area contributed by atoms with Crippen molar-refractivity contribution in [1.29, 1.82) is 0 Å². The lowest BCUT2D eigenvalue weighted by molar-refractivity contribution is 0.669. The van der Waals surface area contributed by atoms with Crippen LogP contribution < -0.4 is 4.90 Å². The van der Waals surface area contributed by atoms with E-state index in [-0.39, 0.29) is 0 Å². The molecule has 2 heterocycles. The third-order valence-corrected chi connectivity index (χ3v) is 10.7. The summed E-state index contributed by atoms with van der Waals surface area (Å²) in [6.45, 7) is 0. The van der Waals surface area contributed by atoms with E-state index in [1.165, 1.54) is 21.9 Å². The van der Waals surface area contributed by atoms with Gasteiger partial charge in [0.25, 0.3) is 0 Å². The maximum atomic E-state index is 6.40. The Morgan fingerprint density at radius 2 is 0.849 bits per heavy atom. The van der Waals surface area contributed by atoms with Crippen molar-refractivity contribution >= 4 is 82.5 Å². The highest BCUT2D eigenvalue weighted by molar-refractivity contribution is 6.15. The first-order valence-electron chi connectivity index (χ1n) is 18.0. The molecule has 0 aliphatic carbocycles. The van der Waals surface area contributed by atoms with E-state index in [4.69, 9.17) is 8.83 Å². The second-order valence-electron chi connectivity index (χ2n) is 13.7. The molecule has 11 rings (SSSR count). The van der Waals surface area contributed by atoms with Gasteiger partial charge in [0.1, 0.15) is 22.3 Å². The normalized spacial score (nSPS) is 11.8. The number of anilines is 3. The maximum absolute atomic E-state index is 6.40. The Hall–Kier alpha value is -7.10. The Balaban J connectivity index is 1.02. The molecule has 0 spiro atoms. The average Bonchev–Trinajstić information content (AvgIpc) is 3.80. The van der Waals surface area contributed by atoms with Crippen LogP contribution in [0.3, 0.4) is 0 Å². The highest BCUT2D eigenvalue weighted by atomic mass is 16.3. The van der Waals surface area contributed by atoms with Crippen LogP contribution in [-0.2, 0) is 0 Å². The first-order chi connectivity index (χ1) is 26.2. The Kier molecular flexibility index (Phi) is 6.55. The van der Waals surface area contributed by atoms with Crippen molar-refractivity contribution in [2.45, 2.75) is 0 Å². The maximum Gasteiger partial charge on any atom is 0.143 e. The van der Waals surface area contributed by atoms with Crippen molar-refractivity contribution < 1.29 is 8.83 Å². The van der Waals surface area contributed by atoms with Gasteiger partial charge in [0.05, 0.1) is 0 Å². The Morgan fingerprint density at radius 3 is 1.64 bits per heavy atom. The summed E-state index contributed by atoms with van der Waals surface area (Å²) in [7, 11) is 0. The number of nitrogens with zero attached hydrogens (tertiary/aromatic N) is 1. The fraction of sp³-hybridized carbons (Fsp3) is 0. The van der Waals surface area contributed by atoms with Crippen LogP contribution in [0.1, 0.15) is 0 Å². The summed E-state index contributed by atoms with van der Waals surface area (Å²) in [5, 5.41) is 9.29. The zero-order valence-electron chi connectivity index (χ0n) is 28.7. The predicted molar refractivity (Wildman–Crippen MR) is 222 cm³/mol. The number of hydrogen-bond acceptors (Lipinski definition) is 3. The smallest absolute Gasteiger partial charge is 0.143 e. The van der Waals surface area contributed by atoms with Gasteiger partial charge in [0, 0.05) is 50.1 Å². The molecule has 0 fully saturated rings. The average molecular weight is 678 g/mol. The molecule has 11 aromatic rings. The second-order valence-corrected chi connectivity index (χ2v) is 13.7. The molecule has 3 nitrogen and oxygen atoms in total. The highest BCUT2D eigenvalue weighted by Gasteiger charge is 2.17. The molecular formula is C50H31NO2. The Labute approximate surface area is 305 Å². The number of para-hydroxylation sites is 2. The van der Waals surface area contributed by atoms with Crippen LogP contribution in [0.15, 0.2) is 197 Å². The van der Waals surface area contributed by atoms with Crippen LogP contribution in [0.25, 0.3) is 87.7 Å². The van der Waals surface area contributed by atoms with Crippen molar-refractivity contribution in [3.63, 3.8) is 0 Å². The zero-order chi connectivity index (χ0) is 34.9. The number of benzene rings is 9. The summed E-state index contributed by atoms with van der Waals surface area (Å²) in [5.41, 5.74) is 11.5. The molecule has 0 bridgehead atoms. The number of rotatable bonds is 5. The fourth-order valence-electron chi connectivity index (χ4n) is 8.05. The molecular weight excluding hydrogens is 647 g/mol. The molecule has 9 aromatic carbocycles. The highest BCUT2D eigenvalue weighted by Crippen LogP contribution is 2.41. The Bertz CT molecular complexity index is 3160. The summed E-state index contributed by atoms with van der Waals surface area (Å²) in [6.07, 6.45) is 0. The fourth-order valence-corrected chi connectivity index (χ4v) is 8.05. The van der Waals surface area contributed by atoms with E-state index in [9.17, 15) is 0 Å². The second kappa shape index (κ2) is 11.7. The van der Waals surface area contributed by atoms with Gasteiger partial charge in [-0.1, -0.05) is 121 Å². The molecule has 0 atom stereocenters. The molecule has 3 heteroatoms. The van der Waals surface area contributed by atoms with E-state index in [0.717, 1.165) is 82.8 Å². The third-order valence-electron chi connectivity index (χ3n) is 10.7. The van der Waals surface area contributed by atoms with E-state index in [1.807, 2.05) is 24.3 Å². The lowest BCUT2D eigenvalue weighted by Crippen LogP contribution is -2.09. The molecule has 0 N–H and O–H groups in total. The van der Waals surface area contributed by atoms with Gasteiger partial charge in [-0.15, -0.1) is 0 Å². The topological polar surface area (TPSA) is 29.5 Å². The van der Waals surface area contributed by atoms with Gasteiger partial charge in [0.15, 0.2) is 0 Å². The summed E-state index contributed by atoms with van der Waals surface area (Å²) in [5.74, 6) is 0. The van der Waals surface area contributed by atoms with Gasteiger partial charge >= 0.3 is 0 Å². The van der Waals surface area contributed by atoms with E-state index in [0.29, 0.717) is 0 Å². The first kappa shape index (κ1) is 29.6. The van der Waals surface area contributed by atoms with Crippen molar-refractivity contribution in [2.24, 2.45) is 0 Å². The quantitative estimate of drug-likeness (QED) is 0.182. The van der Waals surface area contributed by atoms with Crippen LogP contribution in [0.4, 0.5) is 17.1 Å². The summed E-state index contributed by atoms with van der Waals surface area (Å²) in [6, 6.07) is 66.9. The zero-order valence-corrected chi connectivity index (χ0v) is 28.7. The lowest BCUT2D eigenvalue weighted by atomic mass is 9.98. The molecule has 0 aliphatic rings. The Morgan fingerprint density at radius 1 is 0.302 bits per heavy atom. The molecule has 0 saturated carbocycles. The van der Waals surface area contributed by atoms with Gasteiger partial charge in [-0.25, -0.2) is 0 Å². The summed E-state index contributed by atoms with van der Waals surface area (Å²) in [4.78, 5) is 2.31. The van der Waals surface area contributed by atoms with E-state index in [1.54, 1.807) is 0 Å². The van der Waals surface area contributed by atoms with Gasteiger partial charge < -0.3 is 13.7 Å². The minimum absolute atomic E-state index is 0.866. The molecule has 0 amide bonds. The molecule has 0 unspecified atom stereocenters. The van der Waals surface area contributed by atoms with Crippen molar-refractivity contribution in [2.75, 3.05) is 4.90 Å². The minimum Gasteiger partial charge on any atom is -0.456 e. The van der Waals surface area contributed by atoms with Crippen LogP contribution in [0.5, 0.6) is 0 Å².